The third kappa shape index (κ3) is 5.26. The quantitative estimate of drug-likeness (QED) is 0.417. The summed E-state index contributed by atoms with van der Waals surface area (Å²) in [4.78, 5) is 14.8. The zero-order valence-corrected chi connectivity index (χ0v) is 9.26. The Morgan fingerprint density at radius 3 is 2.88 bits per heavy atom. The molecule has 0 fully saturated rings. The molecule has 1 aromatic heterocycles. The minimum absolute atomic E-state index is 0.338. The van der Waals surface area contributed by atoms with Crippen molar-refractivity contribution in [3.8, 4) is 0 Å². The first kappa shape index (κ1) is 12.4. The normalized spacial score (nSPS) is 10.6. The van der Waals surface area contributed by atoms with Crippen LogP contribution in [-0.4, -0.2) is 24.2 Å². The van der Waals surface area contributed by atoms with Crippen LogP contribution in [0.4, 0.5) is 0 Å². The average Bonchev–Trinajstić information content (AvgIpc) is 2.30. The van der Waals surface area contributed by atoms with Crippen molar-refractivity contribution in [1.82, 2.24) is 4.98 Å². The lowest BCUT2D eigenvalue weighted by Crippen LogP contribution is -2.00. The van der Waals surface area contributed by atoms with E-state index < -0.39 is 0 Å². The Labute approximate surface area is 94.9 Å². The van der Waals surface area contributed by atoms with E-state index in [0.717, 1.165) is 5.56 Å². The second kappa shape index (κ2) is 7.59. The number of rotatable bonds is 6. The lowest BCUT2D eigenvalue weighted by Gasteiger charge is -2.00. The maximum absolute atomic E-state index is 10.9. The average molecular weight is 221 g/mol. The standard InChI is InChI=1S/C12H15NO3/c1-2-16-12(14)4-3-9-15-10-11-5-7-13-8-6-11/h3-8H,2,9-10H2,1H3/b4-3+. The summed E-state index contributed by atoms with van der Waals surface area (Å²) in [6, 6.07) is 3.77. The highest BCUT2D eigenvalue weighted by Gasteiger charge is 1.93. The van der Waals surface area contributed by atoms with Crippen LogP contribution in [0.1, 0.15) is 12.5 Å². The predicted molar refractivity (Wildman–Crippen MR) is 59.7 cm³/mol. The van der Waals surface area contributed by atoms with E-state index in [1.807, 2.05) is 12.1 Å². The molecule has 0 N–H and O–H groups in total. The summed E-state index contributed by atoms with van der Waals surface area (Å²) in [7, 11) is 0. The van der Waals surface area contributed by atoms with Crippen molar-refractivity contribution < 1.29 is 14.3 Å². The Morgan fingerprint density at radius 2 is 2.19 bits per heavy atom. The van der Waals surface area contributed by atoms with Gasteiger partial charge in [-0.3, -0.25) is 4.98 Å². The van der Waals surface area contributed by atoms with Crippen molar-refractivity contribution in [1.29, 1.82) is 0 Å². The van der Waals surface area contributed by atoms with Gasteiger partial charge in [0.25, 0.3) is 0 Å². The molecule has 16 heavy (non-hydrogen) atoms. The summed E-state index contributed by atoms with van der Waals surface area (Å²) in [5.74, 6) is -0.338. The molecule has 4 heteroatoms. The second-order valence-electron chi connectivity index (χ2n) is 3.03. The summed E-state index contributed by atoms with van der Waals surface area (Å²) in [6.45, 7) is 3.06. The Kier molecular flexibility index (Phi) is 5.88. The molecule has 4 nitrogen and oxygen atoms in total. The van der Waals surface area contributed by atoms with Gasteiger partial charge < -0.3 is 9.47 Å². The fourth-order valence-corrected chi connectivity index (χ4v) is 1.06. The molecule has 0 unspecified atom stereocenters. The van der Waals surface area contributed by atoms with Crippen molar-refractivity contribution in [2.24, 2.45) is 0 Å². The molecule has 1 rings (SSSR count). The molecule has 0 radical (unpaired) electrons. The van der Waals surface area contributed by atoms with Gasteiger partial charge in [0.2, 0.25) is 0 Å². The van der Waals surface area contributed by atoms with Gasteiger partial charge in [0, 0.05) is 18.5 Å². The molecule has 1 heterocycles. The molecule has 0 aliphatic heterocycles. The van der Waals surface area contributed by atoms with E-state index >= 15 is 0 Å². The van der Waals surface area contributed by atoms with E-state index in [4.69, 9.17) is 9.47 Å². The van der Waals surface area contributed by atoms with Crippen molar-refractivity contribution in [3.63, 3.8) is 0 Å². The largest absolute Gasteiger partial charge is 0.463 e. The molecule has 0 aliphatic carbocycles. The fourth-order valence-electron chi connectivity index (χ4n) is 1.06. The molecule has 0 aliphatic rings. The van der Waals surface area contributed by atoms with Crippen molar-refractivity contribution >= 4 is 5.97 Å². The molecule has 0 atom stereocenters. The number of aromatic nitrogens is 1. The Hall–Kier alpha value is -1.68. The van der Waals surface area contributed by atoms with E-state index in [2.05, 4.69) is 4.98 Å². The van der Waals surface area contributed by atoms with Gasteiger partial charge in [-0.15, -0.1) is 0 Å². The second-order valence-corrected chi connectivity index (χ2v) is 3.03. The van der Waals surface area contributed by atoms with Crippen LogP contribution >= 0.6 is 0 Å². The van der Waals surface area contributed by atoms with Crippen LogP contribution < -0.4 is 0 Å². The number of ether oxygens (including phenoxy) is 2. The molecule has 0 saturated heterocycles. The van der Waals surface area contributed by atoms with Gasteiger partial charge in [0.05, 0.1) is 19.8 Å². The van der Waals surface area contributed by atoms with Crippen LogP contribution in [0.2, 0.25) is 0 Å². The summed E-state index contributed by atoms with van der Waals surface area (Å²) >= 11 is 0. The Balaban J connectivity index is 2.15. The van der Waals surface area contributed by atoms with Crippen molar-refractivity contribution in [2.75, 3.05) is 13.2 Å². The van der Waals surface area contributed by atoms with Crippen LogP contribution in [0.25, 0.3) is 0 Å². The third-order valence-electron chi connectivity index (χ3n) is 1.77. The summed E-state index contributed by atoms with van der Waals surface area (Å²) in [5, 5.41) is 0. The molecule has 86 valence electrons. The Bertz CT molecular complexity index is 335. The lowest BCUT2D eigenvalue weighted by atomic mass is 10.3. The third-order valence-corrected chi connectivity index (χ3v) is 1.77. The fraction of sp³-hybridized carbons (Fsp3) is 0.333. The molecule has 1 aromatic rings. The van der Waals surface area contributed by atoms with Crippen molar-refractivity contribution in [2.45, 2.75) is 13.5 Å². The molecule has 0 spiro atoms. The van der Waals surface area contributed by atoms with Gasteiger partial charge in [0.1, 0.15) is 0 Å². The number of nitrogens with zero attached hydrogens (tertiary/aromatic N) is 1. The summed E-state index contributed by atoms with van der Waals surface area (Å²) < 4.78 is 10.0. The SMILES string of the molecule is CCOC(=O)/C=C/COCc1ccncc1. The smallest absolute Gasteiger partial charge is 0.330 e. The first-order valence-electron chi connectivity index (χ1n) is 5.13. The lowest BCUT2D eigenvalue weighted by molar-refractivity contribution is -0.137. The van der Waals surface area contributed by atoms with E-state index in [1.165, 1.54) is 6.08 Å². The number of esters is 1. The van der Waals surface area contributed by atoms with Crippen LogP contribution in [0, 0.1) is 0 Å². The molecular weight excluding hydrogens is 206 g/mol. The number of carbonyl (C=O) groups is 1. The van der Waals surface area contributed by atoms with Crippen molar-refractivity contribution in [3.05, 3.63) is 42.2 Å². The maximum atomic E-state index is 10.9. The van der Waals surface area contributed by atoms with E-state index in [-0.39, 0.29) is 5.97 Å². The zero-order valence-electron chi connectivity index (χ0n) is 9.26. The molecular formula is C12H15NO3. The molecule has 0 bridgehead atoms. The van der Waals surface area contributed by atoms with Crippen LogP contribution in [0.15, 0.2) is 36.7 Å². The maximum Gasteiger partial charge on any atom is 0.330 e. The minimum atomic E-state index is -0.338. The topological polar surface area (TPSA) is 48.4 Å². The first-order chi connectivity index (χ1) is 7.83. The van der Waals surface area contributed by atoms with Crippen LogP contribution in [0.5, 0.6) is 0 Å². The number of hydrogen-bond donors (Lipinski definition) is 0. The van der Waals surface area contributed by atoms with Gasteiger partial charge in [-0.2, -0.15) is 0 Å². The highest BCUT2D eigenvalue weighted by molar-refractivity contribution is 5.81. The van der Waals surface area contributed by atoms with Gasteiger partial charge in [-0.25, -0.2) is 4.79 Å². The zero-order chi connectivity index (χ0) is 11.6. The highest BCUT2D eigenvalue weighted by Crippen LogP contribution is 1.98. The number of carbonyl (C=O) groups excluding carboxylic acids is 1. The van der Waals surface area contributed by atoms with Gasteiger partial charge >= 0.3 is 5.97 Å². The summed E-state index contributed by atoms with van der Waals surface area (Å²) in [6.07, 6.45) is 6.44. The molecule has 0 amide bonds. The van der Waals surface area contributed by atoms with E-state index in [1.54, 1.807) is 25.4 Å². The van der Waals surface area contributed by atoms with Gasteiger partial charge in [-0.1, -0.05) is 6.08 Å². The molecule has 0 saturated carbocycles. The highest BCUT2D eigenvalue weighted by atomic mass is 16.5. The van der Waals surface area contributed by atoms with Crippen LogP contribution in [-0.2, 0) is 20.9 Å². The van der Waals surface area contributed by atoms with Gasteiger partial charge in [0.15, 0.2) is 0 Å². The Morgan fingerprint density at radius 1 is 1.44 bits per heavy atom. The number of pyridine rings is 1. The number of hydrogen-bond acceptors (Lipinski definition) is 4. The van der Waals surface area contributed by atoms with Gasteiger partial charge in [-0.05, 0) is 24.6 Å². The molecule has 0 aromatic carbocycles. The first-order valence-corrected chi connectivity index (χ1v) is 5.13. The predicted octanol–water partition coefficient (Wildman–Crippen LogP) is 1.72. The minimum Gasteiger partial charge on any atom is -0.463 e. The van der Waals surface area contributed by atoms with E-state index in [0.29, 0.717) is 19.8 Å². The van der Waals surface area contributed by atoms with Crippen LogP contribution in [0.3, 0.4) is 0 Å². The van der Waals surface area contributed by atoms with E-state index in [9.17, 15) is 4.79 Å². The summed E-state index contributed by atoms with van der Waals surface area (Å²) in [5.41, 5.74) is 1.06. The monoisotopic (exact) mass is 221 g/mol.